The van der Waals surface area contributed by atoms with Gasteiger partial charge in [-0.1, -0.05) is 13.0 Å². The van der Waals surface area contributed by atoms with E-state index in [1.54, 1.807) is 18.9 Å². The van der Waals surface area contributed by atoms with Crippen LogP contribution in [0.15, 0.2) is 18.2 Å². The van der Waals surface area contributed by atoms with Crippen LogP contribution in [0.3, 0.4) is 0 Å². The normalized spacial score (nSPS) is 10.9. The smallest absolute Gasteiger partial charge is 0.307 e. The van der Waals surface area contributed by atoms with Gasteiger partial charge >= 0.3 is 5.97 Å². The van der Waals surface area contributed by atoms with Gasteiger partial charge < -0.3 is 14.2 Å². The van der Waals surface area contributed by atoms with Gasteiger partial charge in [0.15, 0.2) is 0 Å². The Kier molecular flexibility index (Phi) is 6.23. The lowest BCUT2D eigenvalue weighted by atomic mass is 10.1. The minimum atomic E-state index is -0.275. The number of carbonyl (C=O) groups is 2. The van der Waals surface area contributed by atoms with Crippen molar-refractivity contribution in [2.45, 2.75) is 47.1 Å². The van der Waals surface area contributed by atoms with E-state index in [2.05, 4.69) is 29.7 Å². The molecule has 0 atom stereocenters. The summed E-state index contributed by atoms with van der Waals surface area (Å²) in [6.45, 7) is 9.38. The number of rotatable bonds is 7. The van der Waals surface area contributed by atoms with E-state index in [0.717, 1.165) is 29.4 Å². The van der Waals surface area contributed by atoms with E-state index < -0.39 is 0 Å². The van der Waals surface area contributed by atoms with Crippen LogP contribution >= 0.6 is 0 Å². The van der Waals surface area contributed by atoms with Crippen molar-refractivity contribution >= 4 is 22.8 Å². The Morgan fingerprint density at radius 3 is 2.52 bits per heavy atom. The average Bonchev–Trinajstić information content (AvgIpc) is 2.90. The van der Waals surface area contributed by atoms with Crippen LogP contribution < -0.4 is 0 Å². The summed E-state index contributed by atoms with van der Waals surface area (Å²) >= 11 is 0. The molecule has 25 heavy (non-hydrogen) atoms. The summed E-state index contributed by atoms with van der Waals surface area (Å²) in [5.41, 5.74) is 4.05. The number of hydrogen-bond acceptors (Lipinski definition) is 3. The maximum atomic E-state index is 13.0. The maximum Gasteiger partial charge on any atom is 0.307 e. The first-order chi connectivity index (χ1) is 11.9. The van der Waals surface area contributed by atoms with Crippen LogP contribution in [0.2, 0.25) is 0 Å². The second-order valence-electron chi connectivity index (χ2n) is 6.20. The Morgan fingerprint density at radius 2 is 1.92 bits per heavy atom. The first kappa shape index (κ1) is 19.0. The van der Waals surface area contributed by atoms with Gasteiger partial charge in [-0.25, -0.2) is 0 Å². The van der Waals surface area contributed by atoms with Crippen LogP contribution in [0.4, 0.5) is 0 Å². The van der Waals surface area contributed by atoms with E-state index in [-0.39, 0.29) is 18.3 Å². The lowest BCUT2D eigenvalue weighted by molar-refractivity contribution is -0.143. The van der Waals surface area contributed by atoms with Crippen LogP contribution in [0, 0.1) is 6.92 Å². The van der Waals surface area contributed by atoms with E-state index in [4.69, 9.17) is 4.74 Å². The fraction of sp³-hybridized carbons (Fsp3) is 0.500. The van der Waals surface area contributed by atoms with Gasteiger partial charge in [0.1, 0.15) is 5.69 Å². The second-order valence-corrected chi connectivity index (χ2v) is 6.20. The van der Waals surface area contributed by atoms with E-state index in [0.29, 0.717) is 18.8 Å². The predicted octanol–water partition coefficient (Wildman–Crippen LogP) is 3.56. The highest BCUT2D eigenvalue weighted by Gasteiger charge is 2.23. The molecule has 2 aromatic rings. The van der Waals surface area contributed by atoms with Crippen molar-refractivity contribution in [3.05, 3.63) is 35.0 Å². The quantitative estimate of drug-likeness (QED) is 0.722. The second kappa shape index (κ2) is 8.19. The molecule has 0 aliphatic heterocycles. The van der Waals surface area contributed by atoms with E-state index in [1.807, 2.05) is 13.8 Å². The molecule has 0 unspecified atom stereocenters. The van der Waals surface area contributed by atoms with Gasteiger partial charge in [-0.05, 0) is 50.5 Å². The number of amides is 1. The van der Waals surface area contributed by atoms with Crippen LogP contribution in [0.5, 0.6) is 0 Å². The molecule has 0 fully saturated rings. The largest absolute Gasteiger partial charge is 0.466 e. The summed E-state index contributed by atoms with van der Waals surface area (Å²) in [7, 11) is 1.73. The molecule has 0 saturated heterocycles. The van der Waals surface area contributed by atoms with Crippen LogP contribution in [0.1, 0.15) is 48.8 Å². The lowest BCUT2D eigenvalue weighted by Crippen LogP contribution is -2.31. The molecule has 0 radical (unpaired) electrons. The zero-order valence-corrected chi connectivity index (χ0v) is 15.9. The molecule has 0 N–H and O–H groups in total. The van der Waals surface area contributed by atoms with Gasteiger partial charge in [0.25, 0.3) is 5.91 Å². The fourth-order valence-electron chi connectivity index (χ4n) is 3.17. The van der Waals surface area contributed by atoms with Crippen LogP contribution in [-0.4, -0.2) is 41.5 Å². The molecule has 1 aromatic carbocycles. The Morgan fingerprint density at radius 1 is 1.20 bits per heavy atom. The summed E-state index contributed by atoms with van der Waals surface area (Å²) in [6.07, 6.45) is 1.18. The molecular formula is C20H28N2O3. The van der Waals surface area contributed by atoms with Crippen LogP contribution in [0.25, 0.3) is 10.9 Å². The Bertz CT molecular complexity index is 777. The van der Waals surface area contributed by atoms with E-state index >= 15 is 0 Å². The highest BCUT2D eigenvalue weighted by atomic mass is 16.5. The summed E-state index contributed by atoms with van der Waals surface area (Å²) in [5.74, 6) is -0.333. The van der Waals surface area contributed by atoms with Gasteiger partial charge in [-0.15, -0.1) is 0 Å². The zero-order chi connectivity index (χ0) is 18.6. The monoisotopic (exact) mass is 344 g/mol. The summed E-state index contributed by atoms with van der Waals surface area (Å²) in [6, 6.07) is 6.39. The first-order valence-electron chi connectivity index (χ1n) is 8.97. The van der Waals surface area contributed by atoms with Gasteiger partial charge in [-0.2, -0.15) is 0 Å². The Labute approximate surface area is 149 Å². The minimum absolute atomic E-state index is 0.0575. The van der Waals surface area contributed by atoms with Gasteiger partial charge in [0.05, 0.1) is 13.0 Å². The van der Waals surface area contributed by atoms with E-state index in [9.17, 15) is 9.59 Å². The number of aromatic nitrogens is 1. The molecule has 1 aromatic heterocycles. The lowest BCUT2D eigenvalue weighted by Gasteiger charge is -2.18. The average molecular weight is 344 g/mol. The number of benzene rings is 1. The van der Waals surface area contributed by atoms with Crippen molar-refractivity contribution in [3.63, 3.8) is 0 Å². The van der Waals surface area contributed by atoms with Crippen molar-refractivity contribution in [3.8, 4) is 0 Å². The molecular weight excluding hydrogens is 316 g/mol. The molecule has 136 valence electrons. The molecule has 5 heteroatoms. The molecule has 0 spiro atoms. The van der Waals surface area contributed by atoms with Gasteiger partial charge in [-0.3, -0.25) is 9.59 Å². The third-order valence-electron chi connectivity index (χ3n) is 4.61. The van der Waals surface area contributed by atoms with Crippen molar-refractivity contribution < 1.29 is 14.3 Å². The van der Waals surface area contributed by atoms with Gasteiger partial charge in [0.2, 0.25) is 0 Å². The molecule has 1 heterocycles. The number of carbonyl (C=O) groups excluding carboxylic acids is 2. The number of nitrogens with zero attached hydrogens (tertiary/aromatic N) is 2. The molecule has 0 aliphatic rings. The predicted molar refractivity (Wildman–Crippen MR) is 99.9 cm³/mol. The zero-order valence-electron chi connectivity index (χ0n) is 15.9. The Balaban J connectivity index is 2.33. The standard InChI is InChI=1S/C20H28N2O3/c1-6-15-9-10-17-16(13-15)14(4)19(22(17)7-2)20(24)21(5)12-11-18(23)25-8-3/h9-10,13H,6-8,11-12H2,1-5H3. The third-order valence-corrected chi connectivity index (χ3v) is 4.61. The topological polar surface area (TPSA) is 51.5 Å². The van der Waals surface area contributed by atoms with Gasteiger partial charge in [0, 0.05) is 31.0 Å². The molecule has 0 aliphatic carbocycles. The number of aryl methyl sites for hydroxylation is 3. The first-order valence-corrected chi connectivity index (χ1v) is 8.97. The molecule has 0 saturated carbocycles. The number of fused-ring (bicyclic) bond motifs is 1. The minimum Gasteiger partial charge on any atom is -0.466 e. The third kappa shape index (κ3) is 3.86. The van der Waals surface area contributed by atoms with Crippen molar-refractivity contribution in [2.24, 2.45) is 0 Å². The molecule has 5 nitrogen and oxygen atoms in total. The fourth-order valence-corrected chi connectivity index (χ4v) is 3.17. The molecule has 1 amide bonds. The van der Waals surface area contributed by atoms with Crippen molar-refractivity contribution in [1.29, 1.82) is 0 Å². The summed E-state index contributed by atoms with van der Waals surface area (Å²) in [4.78, 5) is 26.1. The molecule has 0 bridgehead atoms. The highest BCUT2D eigenvalue weighted by molar-refractivity contribution is 6.01. The number of ether oxygens (including phenoxy) is 1. The van der Waals surface area contributed by atoms with Crippen molar-refractivity contribution in [2.75, 3.05) is 20.2 Å². The SMILES string of the molecule is CCOC(=O)CCN(C)C(=O)c1c(C)c2cc(CC)ccc2n1CC. The number of hydrogen-bond donors (Lipinski definition) is 0. The van der Waals surface area contributed by atoms with E-state index in [1.165, 1.54) is 5.56 Å². The summed E-state index contributed by atoms with van der Waals surface area (Å²) < 4.78 is 7.00. The van der Waals surface area contributed by atoms with Crippen LogP contribution in [-0.2, 0) is 22.5 Å². The molecule has 2 rings (SSSR count). The van der Waals surface area contributed by atoms with Crippen molar-refractivity contribution in [1.82, 2.24) is 9.47 Å². The highest BCUT2D eigenvalue weighted by Crippen LogP contribution is 2.28. The number of esters is 1. The maximum absolute atomic E-state index is 13.0. The summed E-state index contributed by atoms with van der Waals surface area (Å²) in [5, 5.41) is 1.13. The Hall–Kier alpha value is -2.30.